The molecule has 0 radical (unpaired) electrons. The van der Waals surface area contributed by atoms with E-state index >= 15 is 0 Å². The van der Waals surface area contributed by atoms with Crippen molar-refractivity contribution in [1.29, 1.82) is 0 Å². The lowest BCUT2D eigenvalue weighted by Gasteiger charge is -2.37. The molecule has 2 N–H and O–H groups in total. The van der Waals surface area contributed by atoms with Gasteiger partial charge in [-0.1, -0.05) is 13.0 Å². The van der Waals surface area contributed by atoms with Crippen LogP contribution in [0.3, 0.4) is 0 Å². The van der Waals surface area contributed by atoms with Crippen molar-refractivity contribution in [2.45, 2.75) is 32.3 Å². The van der Waals surface area contributed by atoms with Gasteiger partial charge in [-0.05, 0) is 44.0 Å². The van der Waals surface area contributed by atoms with E-state index in [0.29, 0.717) is 6.54 Å². The second kappa shape index (κ2) is 4.28. The van der Waals surface area contributed by atoms with Crippen LogP contribution in [0.25, 0.3) is 0 Å². The number of nitrogens with two attached hydrogens (primary N) is 1. The number of likely N-dealkylation sites (N-methyl/N-ethyl adjacent to an activating group) is 1. The molecule has 0 saturated carbocycles. The average Bonchev–Trinajstić information content (AvgIpc) is 2.34. The van der Waals surface area contributed by atoms with E-state index in [1.54, 1.807) is 25.8 Å². The lowest BCUT2D eigenvalue weighted by Crippen LogP contribution is -2.50. The Balaban J connectivity index is 2.46. The number of amides is 1. The first-order valence-corrected chi connectivity index (χ1v) is 6.18. The molecule has 0 aliphatic carbocycles. The van der Waals surface area contributed by atoms with Crippen LogP contribution in [0.1, 0.15) is 32.3 Å². The van der Waals surface area contributed by atoms with Crippen molar-refractivity contribution in [3.63, 3.8) is 0 Å². The normalized spacial score (nSPS) is 19.2. The van der Waals surface area contributed by atoms with Crippen molar-refractivity contribution >= 4 is 11.6 Å². The van der Waals surface area contributed by atoms with E-state index in [4.69, 9.17) is 10.5 Å². The summed E-state index contributed by atoms with van der Waals surface area (Å²) in [5.74, 6) is 0.983. The summed E-state index contributed by atoms with van der Waals surface area (Å²) in [4.78, 5) is 13.8. The Morgan fingerprint density at radius 2 is 2.11 bits per heavy atom. The summed E-state index contributed by atoms with van der Waals surface area (Å²) in [7, 11) is 1.78. The highest BCUT2D eigenvalue weighted by atomic mass is 16.5. The van der Waals surface area contributed by atoms with Crippen LogP contribution < -0.4 is 15.4 Å². The fraction of sp³-hybridized carbons (Fsp3) is 0.500. The molecule has 4 nitrogen and oxygen atoms in total. The fourth-order valence-electron chi connectivity index (χ4n) is 2.16. The molecule has 0 aromatic heterocycles. The van der Waals surface area contributed by atoms with Crippen LogP contribution in [0.15, 0.2) is 18.2 Å². The standard InChI is InChI=1S/C14H20N2O2/c1-9(8-15)10-5-6-12-11(7-10)16(4)13(17)14(2,3)18-12/h5-7,9H,8,15H2,1-4H3. The SMILES string of the molecule is CC(CN)c1ccc2c(c1)N(C)C(=O)C(C)(C)O2. The molecule has 4 heteroatoms. The van der Waals surface area contributed by atoms with Crippen LogP contribution in [0.2, 0.25) is 0 Å². The molecule has 0 fully saturated rings. The minimum absolute atomic E-state index is 0.0347. The number of benzene rings is 1. The molecule has 0 bridgehead atoms. The van der Waals surface area contributed by atoms with Crippen LogP contribution in [-0.4, -0.2) is 25.1 Å². The molecular formula is C14H20N2O2. The predicted molar refractivity (Wildman–Crippen MR) is 72.0 cm³/mol. The molecule has 0 saturated heterocycles. The first-order chi connectivity index (χ1) is 8.36. The summed E-state index contributed by atoms with van der Waals surface area (Å²) in [6.07, 6.45) is 0. The Morgan fingerprint density at radius 3 is 2.72 bits per heavy atom. The van der Waals surface area contributed by atoms with E-state index in [9.17, 15) is 4.79 Å². The average molecular weight is 248 g/mol. The second-order valence-electron chi connectivity index (χ2n) is 5.34. The maximum absolute atomic E-state index is 12.1. The van der Waals surface area contributed by atoms with Crippen molar-refractivity contribution in [2.75, 3.05) is 18.5 Å². The monoisotopic (exact) mass is 248 g/mol. The fourth-order valence-corrected chi connectivity index (χ4v) is 2.16. The first kappa shape index (κ1) is 12.9. The van der Waals surface area contributed by atoms with Gasteiger partial charge in [0.1, 0.15) is 5.75 Å². The van der Waals surface area contributed by atoms with Crippen molar-refractivity contribution in [1.82, 2.24) is 0 Å². The summed E-state index contributed by atoms with van der Waals surface area (Å²) in [5.41, 5.74) is 6.81. The van der Waals surface area contributed by atoms with Gasteiger partial charge in [-0.2, -0.15) is 0 Å². The zero-order valence-electron chi connectivity index (χ0n) is 11.4. The number of fused-ring (bicyclic) bond motifs is 1. The van der Waals surface area contributed by atoms with Crippen LogP contribution in [-0.2, 0) is 4.79 Å². The maximum Gasteiger partial charge on any atom is 0.270 e. The number of ether oxygens (including phenoxy) is 1. The van der Waals surface area contributed by atoms with E-state index in [1.165, 1.54) is 0 Å². The van der Waals surface area contributed by atoms with E-state index in [1.807, 2.05) is 18.2 Å². The third-order valence-corrected chi connectivity index (χ3v) is 3.45. The molecule has 0 spiro atoms. The van der Waals surface area contributed by atoms with Crippen molar-refractivity contribution in [3.05, 3.63) is 23.8 Å². The molecule has 18 heavy (non-hydrogen) atoms. The quantitative estimate of drug-likeness (QED) is 0.869. The Morgan fingerprint density at radius 1 is 1.44 bits per heavy atom. The smallest absolute Gasteiger partial charge is 0.270 e. The van der Waals surface area contributed by atoms with E-state index < -0.39 is 5.60 Å². The Kier molecular flexibility index (Phi) is 3.07. The van der Waals surface area contributed by atoms with Crippen LogP contribution in [0, 0.1) is 0 Å². The van der Waals surface area contributed by atoms with Gasteiger partial charge in [-0.3, -0.25) is 4.79 Å². The highest BCUT2D eigenvalue weighted by Crippen LogP contribution is 2.38. The number of anilines is 1. The highest BCUT2D eigenvalue weighted by molar-refractivity contribution is 6.01. The minimum atomic E-state index is -0.803. The van der Waals surface area contributed by atoms with Crippen molar-refractivity contribution in [2.24, 2.45) is 5.73 Å². The molecule has 1 unspecified atom stereocenters. The number of rotatable bonds is 2. The Labute approximate surface area is 108 Å². The Hall–Kier alpha value is -1.55. The van der Waals surface area contributed by atoms with Crippen LogP contribution >= 0.6 is 0 Å². The number of hydrogen-bond donors (Lipinski definition) is 1. The van der Waals surface area contributed by atoms with Gasteiger partial charge in [0.15, 0.2) is 5.60 Å². The predicted octanol–water partition coefficient (Wildman–Crippen LogP) is 1.88. The third kappa shape index (κ3) is 1.97. The molecule has 1 atom stereocenters. The Bertz CT molecular complexity index is 483. The molecule has 2 rings (SSSR count). The summed E-state index contributed by atoms with van der Waals surface area (Å²) in [6, 6.07) is 5.91. The van der Waals surface area contributed by atoms with Crippen molar-refractivity contribution < 1.29 is 9.53 Å². The summed E-state index contributed by atoms with van der Waals surface area (Å²) >= 11 is 0. The summed E-state index contributed by atoms with van der Waals surface area (Å²) in [6.45, 7) is 6.22. The lowest BCUT2D eigenvalue weighted by molar-refractivity contribution is -0.132. The van der Waals surface area contributed by atoms with E-state index in [0.717, 1.165) is 17.0 Å². The molecule has 98 valence electrons. The largest absolute Gasteiger partial charge is 0.476 e. The number of carbonyl (C=O) groups excluding carboxylic acids is 1. The molecule has 1 amide bonds. The molecule has 1 heterocycles. The first-order valence-electron chi connectivity index (χ1n) is 6.18. The minimum Gasteiger partial charge on any atom is -0.476 e. The molecule has 1 aliphatic heterocycles. The second-order valence-corrected chi connectivity index (χ2v) is 5.34. The lowest BCUT2D eigenvalue weighted by atomic mass is 9.98. The van der Waals surface area contributed by atoms with E-state index in [-0.39, 0.29) is 11.8 Å². The zero-order valence-corrected chi connectivity index (χ0v) is 11.4. The number of nitrogens with zero attached hydrogens (tertiary/aromatic N) is 1. The molecule has 1 aromatic carbocycles. The van der Waals surface area contributed by atoms with Gasteiger partial charge in [0.2, 0.25) is 0 Å². The van der Waals surface area contributed by atoms with Gasteiger partial charge in [-0.15, -0.1) is 0 Å². The van der Waals surface area contributed by atoms with Crippen LogP contribution in [0.5, 0.6) is 5.75 Å². The van der Waals surface area contributed by atoms with Gasteiger partial charge in [0.05, 0.1) is 5.69 Å². The van der Waals surface area contributed by atoms with Gasteiger partial charge in [-0.25, -0.2) is 0 Å². The van der Waals surface area contributed by atoms with Gasteiger partial charge in [0, 0.05) is 7.05 Å². The van der Waals surface area contributed by atoms with E-state index in [2.05, 4.69) is 6.92 Å². The molecular weight excluding hydrogens is 228 g/mol. The maximum atomic E-state index is 12.1. The van der Waals surface area contributed by atoms with Gasteiger partial charge >= 0.3 is 0 Å². The summed E-state index contributed by atoms with van der Waals surface area (Å²) in [5, 5.41) is 0. The third-order valence-electron chi connectivity index (χ3n) is 3.45. The number of hydrogen-bond acceptors (Lipinski definition) is 3. The molecule has 1 aromatic rings. The highest BCUT2D eigenvalue weighted by Gasteiger charge is 2.39. The number of carbonyl (C=O) groups is 1. The zero-order chi connectivity index (χ0) is 13.5. The molecule has 1 aliphatic rings. The van der Waals surface area contributed by atoms with Crippen molar-refractivity contribution in [3.8, 4) is 5.75 Å². The van der Waals surface area contributed by atoms with Gasteiger partial charge < -0.3 is 15.4 Å². The summed E-state index contributed by atoms with van der Waals surface area (Å²) < 4.78 is 5.75. The van der Waals surface area contributed by atoms with Crippen LogP contribution in [0.4, 0.5) is 5.69 Å². The topological polar surface area (TPSA) is 55.6 Å². The van der Waals surface area contributed by atoms with Gasteiger partial charge in [0.25, 0.3) is 5.91 Å².